The highest BCUT2D eigenvalue weighted by molar-refractivity contribution is 5.37. The third kappa shape index (κ3) is 2.12. The summed E-state index contributed by atoms with van der Waals surface area (Å²) in [6.45, 7) is 5.18. The number of phenolic OH excluding ortho intramolecular Hbond substituents is 1. The number of aryl methyl sites for hydroxylation is 1. The first-order valence-electron chi connectivity index (χ1n) is 6.30. The standard InChI is InChI=1S/C16H17NO/c1-12-3-2-4-14-10-17(11-16(12)14)9-13-5-7-15(18)8-6-13/h2-8,18H,9-11H2,1H3. The van der Waals surface area contributed by atoms with Crippen molar-refractivity contribution in [2.45, 2.75) is 26.6 Å². The lowest BCUT2D eigenvalue weighted by Gasteiger charge is -2.14. The first-order valence-corrected chi connectivity index (χ1v) is 6.30. The second kappa shape index (κ2) is 4.46. The van der Waals surface area contributed by atoms with Crippen LogP contribution < -0.4 is 0 Å². The quantitative estimate of drug-likeness (QED) is 0.869. The minimum absolute atomic E-state index is 0.333. The van der Waals surface area contributed by atoms with Crippen LogP contribution in [0.3, 0.4) is 0 Å². The van der Waals surface area contributed by atoms with Crippen molar-refractivity contribution >= 4 is 0 Å². The molecule has 1 N–H and O–H groups in total. The molecule has 0 bridgehead atoms. The van der Waals surface area contributed by atoms with Crippen molar-refractivity contribution in [3.8, 4) is 5.75 Å². The molecule has 0 spiro atoms. The minimum Gasteiger partial charge on any atom is -0.508 e. The molecule has 1 aliphatic heterocycles. The van der Waals surface area contributed by atoms with Gasteiger partial charge in [0.1, 0.15) is 5.75 Å². The second-order valence-electron chi connectivity index (χ2n) is 5.02. The molecular weight excluding hydrogens is 222 g/mol. The topological polar surface area (TPSA) is 23.5 Å². The molecule has 0 saturated heterocycles. The fourth-order valence-electron chi connectivity index (χ4n) is 2.63. The molecule has 0 atom stereocenters. The van der Waals surface area contributed by atoms with Crippen molar-refractivity contribution in [1.82, 2.24) is 4.90 Å². The number of aromatic hydroxyl groups is 1. The lowest BCUT2D eigenvalue weighted by molar-refractivity contribution is 0.275. The molecule has 1 aliphatic rings. The van der Waals surface area contributed by atoms with E-state index in [9.17, 15) is 5.11 Å². The molecule has 2 aromatic rings. The number of nitrogens with zero attached hydrogens (tertiary/aromatic N) is 1. The zero-order valence-corrected chi connectivity index (χ0v) is 10.6. The van der Waals surface area contributed by atoms with Crippen LogP contribution in [0.1, 0.15) is 22.3 Å². The van der Waals surface area contributed by atoms with Gasteiger partial charge in [0, 0.05) is 19.6 Å². The number of benzene rings is 2. The maximum atomic E-state index is 9.28. The lowest BCUT2D eigenvalue weighted by Crippen LogP contribution is -2.15. The van der Waals surface area contributed by atoms with Crippen LogP contribution in [-0.4, -0.2) is 10.0 Å². The maximum absolute atomic E-state index is 9.28. The van der Waals surface area contributed by atoms with Crippen LogP contribution in [0, 0.1) is 6.92 Å². The Hall–Kier alpha value is -1.80. The van der Waals surface area contributed by atoms with Crippen molar-refractivity contribution in [3.63, 3.8) is 0 Å². The minimum atomic E-state index is 0.333. The molecule has 2 heteroatoms. The fourth-order valence-corrected chi connectivity index (χ4v) is 2.63. The molecule has 2 nitrogen and oxygen atoms in total. The Morgan fingerprint density at radius 3 is 2.56 bits per heavy atom. The van der Waals surface area contributed by atoms with Crippen molar-refractivity contribution in [1.29, 1.82) is 0 Å². The van der Waals surface area contributed by atoms with Gasteiger partial charge < -0.3 is 5.11 Å². The van der Waals surface area contributed by atoms with Crippen LogP contribution in [0.2, 0.25) is 0 Å². The predicted octanol–water partition coefficient (Wildman–Crippen LogP) is 3.22. The van der Waals surface area contributed by atoms with E-state index in [2.05, 4.69) is 30.0 Å². The average Bonchev–Trinajstić information content (AvgIpc) is 2.76. The Morgan fingerprint density at radius 1 is 1.06 bits per heavy atom. The highest BCUT2D eigenvalue weighted by atomic mass is 16.3. The van der Waals surface area contributed by atoms with Gasteiger partial charge >= 0.3 is 0 Å². The number of hydrogen-bond donors (Lipinski definition) is 1. The molecule has 0 saturated carbocycles. The van der Waals surface area contributed by atoms with E-state index in [0.29, 0.717) is 5.75 Å². The summed E-state index contributed by atoms with van der Waals surface area (Å²) < 4.78 is 0. The van der Waals surface area contributed by atoms with Crippen LogP contribution in [0.25, 0.3) is 0 Å². The second-order valence-corrected chi connectivity index (χ2v) is 5.02. The summed E-state index contributed by atoms with van der Waals surface area (Å²) in [6, 6.07) is 14.0. The summed E-state index contributed by atoms with van der Waals surface area (Å²) in [5, 5.41) is 9.28. The molecule has 0 unspecified atom stereocenters. The van der Waals surface area contributed by atoms with E-state index in [-0.39, 0.29) is 0 Å². The Morgan fingerprint density at radius 2 is 1.83 bits per heavy atom. The number of fused-ring (bicyclic) bond motifs is 1. The average molecular weight is 239 g/mol. The Bertz CT molecular complexity index is 560. The van der Waals surface area contributed by atoms with Gasteiger partial charge in [-0.25, -0.2) is 0 Å². The van der Waals surface area contributed by atoms with Gasteiger partial charge in [0.05, 0.1) is 0 Å². The molecule has 92 valence electrons. The zero-order valence-electron chi connectivity index (χ0n) is 10.6. The van der Waals surface area contributed by atoms with Crippen LogP contribution in [0.15, 0.2) is 42.5 Å². The van der Waals surface area contributed by atoms with Crippen molar-refractivity contribution in [2.75, 3.05) is 0 Å². The summed E-state index contributed by atoms with van der Waals surface area (Å²) in [7, 11) is 0. The number of phenols is 1. The summed E-state index contributed by atoms with van der Waals surface area (Å²) >= 11 is 0. The molecule has 18 heavy (non-hydrogen) atoms. The molecule has 2 aromatic carbocycles. The fraction of sp³-hybridized carbons (Fsp3) is 0.250. The van der Waals surface area contributed by atoms with Crippen molar-refractivity contribution in [3.05, 3.63) is 64.7 Å². The van der Waals surface area contributed by atoms with E-state index in [1.165, 1.54) is 22.3 Å². The van der Waals surface area contributed by atoms with E-state index < -0.39 is 0 Å². The van der Waals surface area contributed by atoms with E-state index >= 15 is 0 Å². The molecule has 0 aliphatic carbocycles. The van der Waals surface area contributed by atoms with Crippen LogP contribution >= 0.6 is 0 Å². The molecule has 1 heterocycles. The van der Waals surface area contributed by atoms with Gasteiger partial charge in [-0.15, -0.1) is 0 Å². The van der Waals surface area contributed by atoms with Crippen LogP contribution in [0.5, 0.6) is 5.75 Å². The molecule has 3 rings (SSSR count). The Labute approximate surface area is 107 Å². The number of rotatable bonds is 2. The first-order chi connectivity index (χ1) is 8.72. The van der Waals surface area contributed by atoms with Gasteiger partial charge in [0.15, 0.2) is 0 Å². The summed E-state index contributed by atoms with van der Waals surface area (Å²) in [5.74, 6) is 0.333. The molecular formula is C16H17NO. The Balaban J connectivity index is 1.75. The monoisotopic (exact) mass is 239 g/mol. The van der Waals surface area contributed by atoms with Gasteiger partial charge in [-0.2, -0.15) is 0 Å². The first kappa shape index (κ1) is 11.3. The van der Waals surface area contributed by atoms with Crippen LogP contribution in [-0.2, 0) is 19.6 Å². The maximum Gasteiger partial charge on any atom is 0.115 e. The third-order valence-corrected chi connectivity index (χ3v) is 3.63. The molecule has 0 amide bonds. The van der Waals surface area contributed by atoms with Gasteiger partial charge in [-0.1, -0.05) is 30.3 Å². The molecule has 0 aromatic heterocycles. The molecule has 0 fully saturated rings. The third-order valence-electron chi connectivity index (χ3n) is 3.63. The van der Waals surface area contributed by atoms with Gasteiger partial charge in [-0.05, 0) is 41.3 Å². The predicted molar refractivity (Wildman–Crippen MR) is 72.2 cm³/mol. The summed E-state index contributed by atoms with van der Waals surface area (Å²) in [6.07, 6.45) is 0. The van der Waals surface area contributed by atoms with Gasteiger partial charge in [0.25, 0.3) is 0 Å². The van der Waals surface area contributed by atoms with Crippen molar-refractivity contribution < 1.29 is 5.11 Å². The van der Waals surface area contributed by atoms with Crippen LogP contribution in [0.4, 0.5) is 0 Å². The Kier molecular flexibility index (Phi) is 2.80. The molecule has 0 radical (unpaired) electrons. The highest BCUT2D eigenvalue weighted by Crippen LogP contribution is 2.27. The van der Waals surface area contributed by atoms with Gasteiger partial charge in [-0.3, -0.25) is 4.90 Å². The van der Waals surface area contributed by atoms with Crippen molar-refractivity contribution in [2.24, 2.45) is 0 Å². The summed E-state index contributed by atoms with van der Waals surface area (Å²) in [5.41, 5.74) is 5.57. The summed E-state index contributed by atoms with van der Waals surface area (Å²) in [4.78, 5) is 2.43. The van der Waals surface area contributed by atoms with E-state index in [0.717, 1.165) is 19.6 Å². The normalized spacial score (nSPS) is 14.7. The van der Waals surface area contributed by atoms with E-state index in [1.807, 2.05) is 12.1 Å². The smallest absolute Gasteiger partial charge is 0.115 e. The highest BCUT2D eigenvalue weighted by Gasteiger charge is 2.19. The van der Waals surface area contributed by atoms with Gasteiger partial charge in [0.2, 0.25) is 0 Å². The lowest BCUT2D eigenvalue weighted by atomic mass is 10.1. The van der Waals surface area contributed by atoms with E-state index in [1.54, 1.807) is 12.1 Å². The number of hydrogen-bond acceptors (Lipinski definition) is 2. The zero-order chi connectivity index (χ0) is 12.5. The largest absolute Gasteiger partial charge is 0.508 e. The SMILES string of the molecule is Cc1cccc2c1CN(Cc1ccc(O)cc1)C2. The van der Waals surface area contributed by atoms with E-state index in [4.69, 9.17) is 0 Å².